The number of carbonyl (C=O) groups excluding carboxylic acids is 1. The molecule has 0 unspecified atom stereocenters. The highest BCUT2D eigenvalue weighted by atomic mass is 32.2. The molecule has 3 rings (SSSR count). The second-order valence-corrected chi connectivity index (χ2v) is 7.75. The van der Waals surface area contributed by atoms with Crippen LogP contribution >= 0.6 is 0 Å². The van der Waals surface area contributed by atoms with Gasteiger partial charge in [-0.25, -0.2) is 12.8 Å². The maximum Gasteiger partial charge on any atom is 0.291 e. The summed E-state index contributed by atoms with van der Waals surface area (Å²) >= 11 is 0. The van der Waals surface area contributed by atoms with Gasteiger partial charge in [-0.3, -0.25) is 4.79 Å². The van der Waals surface area contributed by atoms with Crippen LogP contribution in [0.4, 0.5) is 10.1 Å². The molecule has 2 aromatic carbocycles. The summed E-state index contributed by atoms with van der Waals surface area (Å²) in [7, 11) is -3.63. The van der Waals surface area contributed by atoms with Gasteiger partial charge in [0.05, 0.1) is 16.9 Å². The number of sulfone groups is 1. The molecule has 7 heteroatoms. The molecule has 1 aromatic heterocycles. The van der Waals surface area contributed by atoms with Crippen molar-refractivity contribution < 1.29 is 22.0 Å². The van der Waals surface area contributed by atoms with Gasteiger partial charge in [-0.2, -0.15) is 0 Å². The Labute approximate surface area is 150 Å². The smallest absolute Gasteiger partial charge is 0.291 e. The van der Waals surface area contributed by atoms with Gasteiger partial charge in [-0.05, 0) is 42.8 Å². The predicted octanol–water partition coefficient (Wildman–Crippen LogP) is 3.95. The molecule has 0 aliphatic rings. The van der Waals surface area contributed by atoms with Crippen LogP contribution < -0.4 is 5.32 Å². The summed E-state index contributed by atoms with van der Waals surface area (Å²) < 4.78 is 43.6. The molecular weight excluding hydrogens is 357 g/mol. The molecule has 1 heterocycles. The molecule has 1 amide bonds. The van der Waals surface area contributed by atoms with Crippen LogP contribution in [0.5, 0.6) is 0 Å². The van der Waals surface area contributed by atoms with Crippen LogP contribution in [0.2, 0.25) is 0 Å². The summed E-state index contributed by atoms with van der Waals surface area (Å²) in [6.07, 6.45) is 1.25. The van der Waals surface area contributed by atoms with Gasteiger partial charge in [0.2, 0.25) is 0 Å². The zero-order chi connectivity index (χ0) is 18.7. The number of nitrogens with one attached hydrogen (secondary N) is 1. The highest BCUT2D eigenvalue weighted by Crippen LogP contribution is 2.22. The van der Waals surface area contributed by atoms with E-state index in [9.17, 15) is 17.6 Å². The molecule has 0 aliphatic carbocycles. The van der Waals surface area contributed by atoms with Gasteiger partial charge >= 0.3 is 0 Å². The molecule has 0 radical (unpaired) electrons. The van der Waals surface area contributed by atoms with Crippen LogP contribution in [0.3, 0.4) is 0 Å². The van der Waals surface area contributed by atoms with Crippen molar-refractivity contribution in [2.45, 2.75) is 17.6 Å². The Kier molecular flexibility index (Phi) is 4.90. The summed E-state index contributed by atoms with van der Waals surface area (Å²) in [5, 5.41) is 2.55. The minimum atomic E-state index is -3.63. The lowest BCUT2D eigenvalue weighted by atomic mass is 10.2. The Morgan fingerprint density at radius 1 is 1.12 bits per heavy atom. The fourth-order valence-electron chi connectivity index (χ4n) is 2.47. The van der Waals surface area contributed by atoms with E-state index in [-0.39, 0.29) is 22.0 Å². The number of amides is 1. The van der Waals surface area contributed by atoms with E-state index in [0.717, 1.165) is 0 Å². The summed E-state index contributed by atoms with van der Waals surface area (Å²) in [6.45, 7) is 1.72. The highest BCUT2D eigenvalue weighted by molar-refractivity contribution is 7.90. The average Bonchev–Trinajstić information content (AvgIpc) is 3.06. The lowest BCUT2D eigenvalue weighted by Gasteiger charge is -2.09. The van der Waals surface area contributed by atoms with E-state index in [1.807, 2.05) is 0 Å². The van der Waals surface area contributed by atoms with E-state index < -0.39 is 21.6 Å². The zero-order valence-electron chi connectivity index (χ0n) is 13.9. The van der Waals surface area contributed by atoms with Crippen molar-refractivity contribution >= 4 is 21.4 Å². The fraction of sp³-hybridized carbons (Fsp3) is 0.105. The van der Waals surface area contributed by atoms with E-state index in [4.69, 9.17) is 4.42 Å². The first kappa shape index (κ1) is 17.9. The molecule has 0 spiro atoms. The van der Waals surface area contributed by atoms with Crippen LogP contribution in [-0.4, -0.2) is 14.3 Å². The molecule has 0 bridgehead atoms. The first-order valence-electron chi connectivity index (χ1n) is 7.78. The topological polar surface area (TPSA) is 76.4 Å². The number of anilines is 1. The fourth-order valence-corrected chi connectivity index (χ4v) is 3.85. The van der Waals surface area contributed by atoms with Crippen LogP contribution in [0.1, 0.15) is 21.7 Å². The number of furan rings is 1. The minimum Gasteiger partial charge on any atom is -0.459 e. The van der Waals surface area contributed by atoms with Crippen LogP contribution in [-0.2, 0) is 15.6 Å². The van der Waals surface area contributed by atoms with Gasteiger partial charge < -0.3 is 9.73 Å². The van der Waals surface area contributed by atoms with Crippen molar-refractivity contribution in [2.75, 3.05) is 5.32 Å². The molecule has 3 aromatic rings. The molecule has 0 saturated heterocycles. The second kappa shape index (κ2) is 7.13. The highest BCUT2D eigenvalue weighted by Gasteiger charge is 2.22. The Morgan fingerprint density at radius 3 is 2.58 bits per heavy atom. The molecule has 0 saturated carbocycles. The van der Waals surface area contributed by atoms with E-state index >= 15 is 0 Å². The van der Waals surface area contributed by atoms with Crippen molar-refractivity contribution in [1.29, 1.82) is 0 Å². The van der Waals surface area contributed by atoms with Gasteiger partial charge in [0.1, 0.15) is 5.82 Å². The minimum absolute atomic E-state index is 0.117. The van der Waals surface area contributed by atoms with Crippen LogP contribution in [0.15, 0.2) is 70.2 Å². The third kappa shape index (κ3) is 3.83. The summed E-state index contributed by atoms with van der Waals surface area (Å²) in [6, 6.07) is 13.4. The Balaban J connectivity index is 1.84. The van der Waals surface area contributed by atoms with Gasteiger partial charge in [-0.15, -0.1) is 0 Å². The van der Waals surface area contributed by atoms with E-state index in [1.165, 1.54) is 42.7 Å². The number of carbonyl (C=O) groups is 1. The van der Waals surface area contributed by atoms with Crippen LogP contribution in [0.25, 0.3) is 0 Å². The normalized spacial score (nSPS) is 11.3. The molecule has 0 atom stereocenters. The third-order valence-corrected chi connectivity index (χ3v) is 5.53. The van der Waals surface area contributed by atoms with Gasteiger partial charge in [0.25, 0.3) is 5.91 Å². The number of aryl methyl sites for hydroxylation is 1. The number of hydrogen-bond donors (Lipinski definition) is 1. The largest absolute Gasteiger partial charge is 0.459 e. The third-order valence-electron chi connectivity index (χ3n) is 3.85. The van der Waals surface area contributed by atoms with E-state index in [1.54, 1.807) is 25.1 Å². The first-order valence-corrected chi connectivity index (χ1v) is 9.44. The van der Waals surface area contributed by atoms with Gasteiger partial charge in [0, 0.05) is 11.3 Å². The first-order chi connectivity index (χ1) is 12.4. The Hall–Kier alpha value is -2.93. The van der Waals surface area contributed by atoms with Crippen molar-refractivity contribution in [3.8, 4) is 0 Å². The number of halogens is 1. The Morgan fingerprint density at radius 2 is 1.85 bits per heavy atom. The van der Waals surface area contributed by atoms with Gasteiger partial charge in [-0.1, -0.05) is 24.3 Å². The molecule has 1 N–H and O–H groups in total. The lowest BCUT2D eigenvalue weighted by Crippen LogP contribution is -2.15. The molecular formula is C19H16FNO4S. The lowest BCUT2D eigenvalue weighted by molar-refractivity contribution is 0.0995. The van der Waals surface area contributed by atoms with Crippen molar-refractivity contribution in [3.05, 3.63) is 83.6 Å². The van der Waals surface area contributed by atoms with E-state index in [0.29, 0.717) is 11.3 Å². The predicted molar refractivity (Wildman–Crippen MR) is 95.1 cm³/mol. The monoisotopic (exact) mass is 373 g/mol. The number of rotatable bonds is 5. The maximum atomic E-state index is 13.4. The van der Waals surface area contributed by atoms with Crippen molar-refractivity contribution in [2.24, 2.45) is 0 Å². The second-order valence-electron chi connectivity index (χ2n) is 5.76. The standard InChI is InChI=1S/C19H16FNO4S/c1-13-7-8-15(20)11-17(13)21-19(22)18-14(9-10-25-18)12-26(23,24)16-5-3-2-4-6-16/h2-11H,12H2,1H3,(H,21,22). The molecule has 0 fully saturated rings. The summed E-state index contributed by atoms with van der Waals surface area (Å²) in [5.74, 6) is -1.62. The maximum absolute atomic E-state index is 13.4. The van der Waals surface area contributed by atoms with Crippen LogP contribution in [0, 0.1) is 12.7 Å². The zero-order valence-corrected chi connectivity index (χ0v) is 14.7. The average molecular weight is 373 g/mol. The number of benzene rings is 2. The molecule has 26 heavy (non-hydrogen) atoms. The number of hydrogen-bond acceptors (Lipinski definition) is 4. The van der Waals surface area contributed by atoms with Crippen molar-refractivity contribution in [1.82, 2.24) is 0 Å². The summed E-state index contributed by atoms with van der Waals surface area (Å²) in [5.41, 5.74) is 1.20. The molecule has 134 valence electrons. The quantitative estimate of drug-likeness (QED) is 0.735. The van der Waals surface area contributed by atoms with E-state index in [2.05, 4.69) is 5.32 Å². The van der Waals surface area contributed by atoms with Gasteiger partial charge in [0.15, 0.2) is 15.6 Å². The molecule has 5 nitrogen and oxygen atoms in total. The summed E-state index contributed by atoms with van der Waals surface area (Å²) in [4.78, 5) is 12.6. The van der Waals surface area contributed by atoms with Crippen molar-refractivity contribution in [3.63, 3.8) is 0 Å². The Bertz CT molecular complexity index is 1040. The SMILES string of the molecule is Cc1ccc(F)cc1NC(=O)c1occc1CS(=O)(=O)c1ccccc1. The molecule has 0 aliphatic heterocycles.